The predicted molar refractivity (Wildman–Crippen MR) is 101 cm³/mol. The van der Waals surface area contributed by atoms with Gasteiger partial charge in [-0.15, -0.1) is 0 Å². The SMILES string of the molecule is Cc1cc(NC(=O)COc2ccc(Cl)cc2)n(-c2ccc([N+](=O)[O-])cc2)n1. The number of nitrogens with one attached hydrogen (secondary N) is 1. The van der Waals surface area contributed by atoms with Gasteiger partial charge in [-0.1, -0.05) is 11.6 Å². The number of non-ortho nitro benzene ring substituents is 1. The lowest BCUT2D eigenvalue weighted by Crippen LogP contribution is -2.21. The number of aromatic nitrogens is 2. The highest BCUT2D eigenvalue weighted by atomic mass is 35.5. The lowest BCUT2D eigenvalue weighted by atomic mass is 10.3. The van der Waals surface area contributed by atoms with Crippen molar-refractivity contribution in [3.05, 3.63) is 75.4 Å². The van der Waals surface area contributed by atoms with E-state index in [0.29, 0.717) is 28.0 Å². The van der Waals surface area contributed by atoms with Gasteiger partial charge in [0.05, 0.1) is 16.3 Å². The number of hydrogen-bond donors (Lipinski definition) is 1. The number of anilines is 1. The Hall–Kier alpha value is -3.39. The van der Waals surface area contributed by atoms with Crippen LogP contribution in [-0.2, 0) is 4.79 Å². The van der Waals surface area contributed by atoms with Crippen molar-refractivity contribution in [1.29, 1.82) is 0 Å². The van der Waals surface area contributed by atoms with Gasteiger partial charge in [-0.3, -0.25) is 14.9 Å². The first-order chi connectivity index (χ1) is 12.9. The number of ether oxygens (including phenoxy) is 1. The van der Waals surface area contributed by atoms with Crippen LogP contribution in [0.2, 0.25) is 5.02 Å². The third kappa shape index (κ3) is 4.62. The van der Waals surface area contributed by atoms with Crippen LogP contribution < -0.4 is 10.1 Å². The summed E-state index contributed by atoms with van der Waals surface area (Å²) in [7, 11) is 0. The molecular formula is C18H15ClN4O4. The van der Waals surface area contributed by atoms with E-state index in [-0.39, 0.29) is 18.2 Å². The molecule has 0 aliphatic heterocycles. The Morgan fingerprint density at radius 1 is 1.22 bits per heavy atom. The van der Waals surface area contributed by atoms with E-state index in [0.717, 1.165) is 0 Å². The number of rotatable bonds is 6. The van der Waals surface area contributed by atoms with Crippen LogP contribution in [0.25, 0.3) is 5.69 Å². The summed E-state index contributed by atoms with van der Waals surface area (Å²) in [6.45, 7) is 1.59. The van der Waals surface area contributed by atoms with E-state index in [1.807, 2.05) is 0 Å². The van der Waals surface area contributed by atoms with Gasteiger partial charge in [0.2, 0.25) is 0 Å². The standard InChI is InChI=1S/C18H15ClN4O4/c1-12-10-17(20-18(24)11-27-16-8-2-13(19)3-9-16)22(21-12)14-4-6-15(7-5-14)23(25)26/h2-10H,11H2,1H3,(H,20,24). The highest BCUT2D eigenvalue weighted by molar-refractivity contribution is 6.30. The molecule has 3 rings (SSSR count). The van der Waals surface area contributed by atoms with E-state index in [2.05, 4.69) is 10.4 Å². The minimum atomic E-state index is -0.477. The number of nitro benzene ring substituents is 1. The number of benzene rings is 2. The number of carbonyl (C=O) groups excluding carboxylic acids is 1. The average molecular weight is 387 g/mol. The fraction of sp³-hybridized carbons (Fsp3) is 0.111. The molecule has 1 amide bonds. The van der Waals surface area contributed by atoms with Crippen LogP contribution in [0, 0.1) is 17.0 Å². The summed E-state index contributed by atoms with van der Waals surface area (Å²) in [4.78, 5) is 22.5. The van der Waals surface area contributed by atoms with Crippen molar-refractivity contribution in [2.75, 3.05) is 11.9 Å². The average Bonchev–Trinajstić information content (AvgIpc) is 3.01. The Morgan fingerprint density at radius 2 is 1.89 bits per heavy atom. The number of carbonyl (C=O) groups is 1. The molecule has 1 heterocycles. The van der Waals surface area contributed by atoms with Crippen molar-refractivity contribution in [1.82, 2.24) is 9.78 Å². The first kappa shape index (κ1) is 18.4. The number of nitrogens with zero attached hydrogens (tertiary/aromatic N) is 3. The van der Waals surface area contributed by atoms with E-state index in [1.165, 1.54) is 16.8 Å². The van der Waals surface area contributed by atoms with Gasteiger partial charge < -0.3 is 10.1 Å². The minimum absolute atomic E-state index is 0.0235. The molecule has 0 saturated heterocycles. The molecule has 0 bridgehead atoms. The molecular weight excluding hydrogens is 372 g/mol. The Balaban J connectivity index is 1.70. The molecule has 0 aliphatic carbocycles. The maximum absolute atomic E-state index is 12.2. The molecule has 0 radical (unpaired) electrons. The van der Waals surface area contributed by atoms with Gasteiger partial charge in [0.15, 0.2) is 6.61 Å². The number of halogens is 1. The maximum atomic E-state index is 12.2. The molecule has 138 valence electrons. The van der Waals surface area contributed by atoms with Gasteiger partial charge in [0.1, 0.15) is 11.6 Å². The van der Waals surface area contributed by atoms with Crippen LogP contribution in [0.4, 0.5) is 11.5 Å². The van der Waals surface area contributed by atoms with Crippen molar-refractivity contribution in [2.45, 2.75) is 6.92 Å². The monoisotopic (exact) mass is 386 g/mol. The van der Waals surface area contributed by atoms with E-state index >= 15 is 0 Å². The highest BCUT2D eigenvalue weighted by Gasteiger charge is 2.13. The smallest absolute Gasteiger partial charge is 0.269 e. The van der Waals surface area contributed by atoms with E-state index in [1.54, 1.807) is 49.4 Å². The molecule has 0 saturated carbocycles. The Labute approximate surface area is 159 Å². The molecule has 0 aliphatic rings. The predicted octanol–water partition coefficient (Wildman–Crippen LogP) is 3.76. The summed E-state index contributed by atoms with van der Waals surface area (Å²) in [5.41, 5.74) is 1.24. The zero-order valence-corrected chi connectivity index (χ0v) is 15.0. The Bertz CT molecular complexity index is 968. The molecule has 1 N–H and O–H groups in total. The zero-order chi connectivity index (χ0) is 19.4. The number of hydrogen-bond acceptors (Lipinski definition) is 5. The fourth-order valence-corrected chi connectivity index (χ4v) is 2.49. The zero-order valence-electron chi connectivity index (χ0n) is 14.3. The first-order valence-corrected chi connectivity index (χ1v) is 8.30. The Morgan fingerprint density at radius 3 is 2.52 bits per heavy atom. The molecule has 0 atom stereocenters. The summed E-state index contributed by atoms with van der Waals surface area (Å²) < 4.78 is 6.91. The molecule has 0 unspecified atom stereocenters. The largest absolute Gasteiger partial charge is 0.484 e. The van der Waals surface area contributed by atoms with Crippen LogP contribution in [0.5, 0.6) is 5.75 Å². The van der Waals surface area contributed by atoms with Gasteiger partial charge in [0, 0.05) is 23.2 Å². The second kappa shape index (κ2) is 7.88. The molecule has 8 nitrogen and oxygen atoms in total. The molecule has 0 spiro atoms. The molecule has 1 aromatic heterocycles. The minimum Gasteiger partial charge on any atom is -0.484 e. The summed E-state index contributed by atoms with van der Waals surface area (Å²) >= 11 is 5.80. The van der Waals surface area contributed by atoms with Gasteiger partial charge in [-0.2, -0.15) is 5.10 Å². The van der Waals surface area contributed by atoms with Crippen molar-refractivity contribution < 1.29 is 14.5 Å². The quantitative estimate of drug-likeness (QED) is 0.513. The maximum Gasteiger partial charge on any atom is 0.269 e. The van der Waals surface area contributed by atoms with E-state index < -0.39 is 4.92 Å². The van der Waals surface area contributed by atoms with E-state index in [4.69, 9.17) is 16.3 Å². The molecule has 2 aromatic carbocycles. The molecule has 27 heavy (non-hydrogen) atoms. The van der Waals surface area contributed by atoms with Crippen molar-refractivity contribution in [3.8, 4) is 11.4 Å². The van der Waals surface area contributed by atoms with E-state index in [9.17, 15) is 14.9 Å². The van der Waals surface area contributed by atoms with Gasteiger partial charge >= 0.3 is 0 Å². The normalized spacial score (nSPS) is 10.4. The number of aryl methyl sites for hydroxylation is 1. The van der Waals surface area contributed by atoms with Crippen LogP contribution in [0.15, 0.2) is 54.6 Å². The third-order valence-electron chi connectivity index (χ3n) is 3.59. The lowest BCUT2D eigenvalue weighted by molar-refractivity contribution is -0.384. The van der Waals surface area contributed by atoms with Gasteiger partial charge in [-0.25, -0.2) is 4.68 Å². The van der Waals surface area contributed by atoms with Gasteiger partial charge in [-0.05, 0) is 43.3 Å². The molecule has 0 fully saturated rings. The molecule has 9 heteroatoms. The summed E-state index contributed by atoms with van der Waals surface area (Å²) in [6.07, 6.45) is 0. The van der Waals surface area contributed by atoms with Crippen LogP contribution in [-0.4, -0.2) is 27.2 Å². The fourth-order valence-electron chi connectivity index (χ4n) is 2.36. The summed E-state index contributed by atoms with van der Waals surface area (Å²) in [5, 5.41) is 18.4. The van der Waals surface area contributed by atoms with Crippen LogP contribution in [0.1, 0.15) is 5.69 Å². The third-order valence-corrected chi connectivity index (χ3v) is 3.84. The van der Waals surface area contributed by atoms with Crippen molar-refractivity contribution in [2.24, 2.45) is 0 Å². The second-order valence-electron chi connectivity index (χ2n) is 5.65. The highest BCUT2D eigenvalue weighted by Crippen LogP contribution is 2.20. The second-order valence-corrected chi connectivity index (χ2v) is 6.08. The topological polar surface area (TPSA) is 99.3 Å². The van der Waals surface area contributed by atoms with Crippen LogP contribution in [0.3, 0.4) is 0 Å². The van der Waals surface area contributed by atoms with Gasteiger partial charge in [0.25, 0.3) is 11.6 Å². The lowest BCUT2D eigenvalue weighted by Gasteiger charge is -2.10. The van der Waals surface area contributed by atoms with Crippen molar-refractivity contribution in [3.63, 3.8) is 0 Å². The number of amides is 1. The Kier molecular flexibility index (Phi) is 5.37. The van der Waals surface area contributed by atoms with Crippen LogP contribution >= 0.6 is 11.6 Å². The van der Waals surface area contributed by atoms with Crippen molar-refractivity contribution >= 4 is 29.0 Å². The number of nitro groups is 1. The first-order valence-electron chi connectivity index (χ1n) is 7.92. The summed E-state index contributed by atoms with van der Waals surface area (Å²) in [5.74, 6) is 0.591. The summed E-state index contributed by atoms with van der Waals surface area (Å²) in [6, 6.07) is 14.2. The molecule has 3 aromatic rings.